The standard InChI is InChI=1S/C22H23N5O2S/c1-4-11-29-17-8-6-7-15(12-17)20(28)23-18-13-16(10-9-14(18)3)21-26-27-19(5-2)24-25-22(27)30-21/h6-10,12-13H,4-5,11H2,1-3H3,(H,23,28). The fourth-order valence-corrected chi connectivity index (χ4v) is 3.88. The van der Waals surface area contributed by atoms with Gasteiger partial charge >= 0.3 is 0 Å². The fourth-order valence-electron chi connectivity index (χ4n) is 3.03. The molecule has 4 aromatic rings. The van der Waals surface area contributed by atoms with Crippen LogP contribution in [0.2, 0.25) is 0 Å². The molecule has 2 aromatic carbocycles. The maximum absolute atomic E-state index is 12.8. The lowest BCUT2D eigenvalue weighted by molar-refractivity contribution is 0.102. The first-order chi connectivity index (χ1) is 14.6. The van der Waals surface area contributed by atoms with Crippen LogP contribution < -0.4 is 10.1 Å². The SMILES string of the molecule is CCCOc1cccc(C(=O)Nc2cc(-c3nn4c(CC)nnc4s3)ccc2C)c1. The molecule has 0 aliphatic carbocycles. The number of rotatable bonds is 7. The number of carbonyl (C=O) groups excluding carboxylic acids is 1. The number of fused-ring (bicyclic) bond motifs is 1. The quantitative estimate of drug-likeness (QED) is 0.465. The molecule has 0 unspecified atom stereocenters. The average molecular weight is 422 g/mol. The Hall–Kier alpha value is -3.26. The van der Waals surface area contributed by atoms with Crippen LogP contribution in [0.25, 0.3) is 15.5 Å². The van der Waals surface area contributed by atoms with Gasteiger partial charge in [0.1, 0.15) is 10.8 Å². The molecule has 0 radical (unpaired) electrons. The van der Waals surface area contributed by atoms with Crippen molar-refractivity contribution in [1.29, 1.82) is 0 Å². The first kappa shape index (κ1) is 20.0. The minimum absolute atomic E-state index is 0.177. The van der Waals surface area contributed by atoms with Crippen LogP contribution in [-0.2, 0) is 6.42 Å². The lowest BCUT2D eigenvalue weighted by Gasteiger charge is -2.11. The predicted octanol–water partition coefficient (Wildman–Crippen LogP) is 4.76. The highest BCUT2D eigenvalue weighted by molar-refractivity contribution is 7.19. The molecule has 2 aromatic heterocycles. The Morgan fingerprint density at radius 1 is 1.17 bits per heavy atom. The van der Waals surface area contributed by atoms with Gasteiger partial charge in [0.15, 0.2) is 5.82 Å². The zero-order valence-electron chi connectivity index (χ0n) is 17.2. The van der Waals surface area contributed by atoms with Gasteiger partial charge in [-0.3, -0.25) is 4.79 Å². The highest BCUT2D eigenvalue weighted by atomic mass is 32.1. The lowest BCUT2D eigenvalue weighted by atomic mass is 10.1. The molecule has 0 saturated heterocycles. The number of hydrogen-bond acceptors (Lipinski definition) is 6. The Kier molecular flexibility index (Phi) is 5.76. The summed E-state index contributed by atoms with van der Waals surface area (Å²) in [7, 11) is 0. The van der Waals surface area contributed by atoms with Crippen LogP contribution in [0.15, 0.2) is 42.5 Å². The number of aromatic nitrogens is 4. The summed E-state index contributed by atoms with van der Waals surface area (Å²) in [6.07, 6.45) is 1.68. The summed E-state index contributed by atoms with van der Waals surface area (Å²) in [4.78, 5) is 13.6. The van der Waals surface area contributed by atoms with Crippen molar-refractivity contribution < 1.29 is 9.53 Å². The molecular formula is C22H23N5O2S. The van der Waals surface area contributed by atoms with E-state index in [0.29, 0.717) is 17.9 Å². The van der Waals surface area contributed by atoms with E-state index in [1.54, 1.807) is 16.6 Å². The van der Waals surface area contributed by atoms with Crippen molar-refractivity contribution in [2.24, 2.45) is 0 Å². The van der Waals surface area contributed by atoms with Gasteiger partial charge in [0, 0.05) is 23.2 Å². The minimum atomic E-state index is -0.177. The maximum atomic E-state index is 12.8. The van der Waals surface area contributed by atoms with E-state index in [9.17, 15) is 4.79 Å². The zero-order chi connectivity index (χ0) is 21.1. The second-order valence-electron chi connectivity index (χ2n) is 6.93. The van der Waals surface area contributed by atoms with Crippen molar-refractivity contribution in [3.05, 3.63) is 59.4 Å². The van der Waals surface area contributed by atoms with E-state index >= 15 is 0 Å². The van der Waals surface area contributed by atoms with E-state index in [1.807, 2.05) is 51.1 Å². The van der Waals surface area contributed by atoms with Crippen molar-refractivity contribution in [2.45, 2.75) is 33.6 Å². The summed E-state index contributed by atoms with van der Waals surface area (Å²) in [5.74, 6) is 1.35. The van der Waals surface area contributed by atoms with Gasteiger partial charge < -0.3 is 10.1 Å². The minimum Gasteiger partial charge on any atom is -0.494 e. The van der Waals surface area contributed by atoms with Crippen LogP contribution >= 0.6 is 11.3 Å². The van der Waals surface area contributed by atoms with Crippen LogP contribution in [0.5, 0.6) is 5.75 Å². The number of benzene rings is 2. The summed E-state index contributed by atoms with van der Waals surface area (Å²) in [5, 5.41) is 16.8. The second-order valence-corrected chi connectivity index (χ2v) is 7.89. The molecule has 8 heteroatoms. The van der Waals surface area contributed by atoms with Crippen LogP contribution in [-0.4, -0.2) is 32.3 Å². The van der Waals surface area contributed by atoms with Gasteiger partial charge in [-0.15, -0.1) is 10.2 Å². The number of nitrogens with one attached hydrogen (secondary N) is 1. The fraction of sp³-hybridized carbons (Fsp3) is 0.273. The van der Waals surface area contributed by atoms with Gasteiger partial charge in [0.2, 0.25) is 4.96 Å². The molecule has 2 heterocycles. The third-order valence-electron chi connectivity index (χ3n) is 4.67. The molecule has 1 N–H and O–H groups in total. The van der Waals surface area contributed by atoms with Crippen molar-refractivity contribution >= 4 is 27.9 Å². The second kappa shape index (κ2) is 8.62. The molecule has 4 rings (SSSR count). The summed E-state index contributed by atoms with van der Waals surface area (Å²) in [6.45, 7) is 6.66. The lowest BCUT2D eigenvalue weighted by Crippen LogP contribution is -2.13. The van der Waals surface area contributed by atoms with E-state index in [4.69, 9.17) is 4.74 Å². The van der Waals surface area contributed by atoms with Crippen molar-refractivity contribution in [3.63, 3.8) is 0 Å². The number of nitrogens with zero attached hydrogens (tertiary/aromatic N) is 4. The summed E-state index contributed by atoms with van der Waals surface area (Å²) < 4.78 is 7.41. The van der Waals surface area contributed by atoms with Crippen molar-refractivity contribution in [1.82, 2.24) is 19.8 Å². The largest absolute Gasteiger partial charge is 0.494 e. The first-order valence-electron chi connectivity index (χ1n) is 9.95. The smallest absolute Gasteiger partial charge is 0.255 e. The number of ether oxygens (including phenoxy) is 1. The van der Waals surface area contributed by atoms with E-state index in [1.165, 1.54) is 11.3 Å². The zero-order valence-corrected chi connectivity index (χ0v) is 18.0. The van der Waals surface area contributed by atoms with Crippen LogP contribution in [0.3, 0.4) is 0 Å². The summed E-state index contributed by atoms with van der Waals surface area (Å²) in [5.41, 5.74) is 3.20. The molecule has 1 amide bonds. The van der Waals surface area contributed by atoms with Gasteiger partial charge in [-0.05, 0) is 43.2 Å². The van der Waals surface area contributed by atoms with E-state index in [2.05, 4.69) is 20.6 Å². The monoisotopic (exact) mass is 421 g/mol. The van der Waals surface area contributed by atoms with Gasteiger partial charge in [-0.2, -0.15) is 9.61 Å². The molecule has 0 spiro atoms. The molecule has 0 bridgehead atoms. The molecule has 30 heavy (non-hydrogen) atoms. The third kappa shape index (κ3) is 4.04. The highest BCUT2D eigenvalue weighted by Gasteiger charge is 2.14. The topological polar surface area (TPSA) is 81.4 Å². The Labute approximate surface area is 178 Å². The van der Waals surface area contributed by atoms with Crippen molar-refractivity contribution in [3.8, 4) is 16.3 Å². The Morgan fingerprint density at radius 3 is 2.83 bits per heavy atom. The summed E-state index contributed by atoms with van der Waals surface area (Å²) in [6, 6.07) is 13.2. The number of amides is 1. The number of carbonyl (C=O) groups is 1. The number of aryl methyl sites for hydroxylation is 2. The molecule has 0 aliphatic heterocycles. The molecule has 0 fully saturated rings. The maximum Gasteiger partial charge on any atom is 0.255 e. The summed E-state index contributed by atoms with van der Waals surface area (Å²) >= 11 is 1.47. The molecule has 7 nitrogen and oxygen atoms in total. The Balaban J connectivity index is 1.58. The van der Waals surface area contributed by atoms with E-state index in [-0.39, 0.29) is 5.91 Å². The van der Waals surface area contributed by atoms with Gasteiger partial charge in [-0.1, -0.05) is 43.4 Å². The first-order valence-corrected chi connectivity index (χ1v) is 10.8. The molecule has 0 atom stereocenters. The van der Waals surface area contributed by atoms with Crippen molar-refractivity contribution in [2.75, 3.05) is 11.9 Å². The highest BCUT2D eigenvalue weighted by Crippen LogP contribution is 2.29. The van der Waals surface area contributed by atoms with Gasteiger partial charge in [0.25, 0.3) is 5.91 Å². The number of hydrogen-bond donors (Lipinski definition) is 1. The van der Waals surface area contributed by atoms with E-state index in [0.717, 1.165) is 45.4 Å². The van der Waals surface area contributed by atoms with E-state index < -0.39 is 0 Å². The third-order valence-corrected chi connectivity index (χ3v) is 5.62. The number of anilines is 1. The van der Waals surface area contributed by atoms with Gasteiger partial charge in [-0.25, -0.2) is 0 Å². The Bertz CT molecular complexity index is 1200. The molecular weight excluding hydrogens is 398 g/mol. The molecule has 154 valence electrons. The predicted molar refractivity (Wildman–Crippen MR) is 118 cm³/mol. The molecule has 0 saturated carbocycles. The van der Waals surface area contributed by atoms with Crippen LogP contribution in [0.4, 0.5) is 5.69 Å². The Morgan fingerprint density at radius 2 is 2.03 bits per heavy atom. The molecule has 0 aliphatic rings. The van der Waals surface area contributed by atoms with Crippen LogP contribution in [0.1, 0.15) is 42.0 Å². The van der Waals surface area contributed by atoms with Crippen LogP contribution in [0, 0.1) is 6.92 Å². The average Bonchev–Trinajstić information content (AvgIpc) is 3.34. The normalized spacial score (nSPS) is 11.0. The van der Waals surface area contributed by atoms with Gasteiger partial charge in [0.05, 0.1) is 6.61 Å².